The number of aromatic nitrogens is 1. The van der Waals surface area contributed by atoms with Crippen molar-refractivity contribution in [2.75, 3.05) is 13.1 Å². The Morgan fingerprint density at radius 3 is 2.69 bits per heavy atom. The summed E-state index contributed by atoms with van der Waals surface area (Å²) in [7, 11) is 0. The number of amides is 1. The van der Waals surface area contributed by atoms with Gasteiger partial charge >= 0.3 is 6.18 Å². The lowest BCUT2D eigenvalue weighted by atomic mass is 10.1. The topological polar surface area (TPSA) is 42.4 Å². The van der Waals surface area contributed by atoms with E-state index in [0.29, 0.717) is 4.88 Å². The van der Waals surface area contributed by atoms with Crippen LogP contribution in [-0.4, -0.2) is 35.0 Å². The Balaban J connectivity index is 1.42. The van der Waals surface area contributed by atoms with E-state index in [9.17, 15) is 18.0 Å². The third-order valence-electron chi connectivity index (χ3n) is 4.13. The summed E-state index contributed by atoms with van der Waals surface area (Å²) >= 11 is 1.40. The molecule has 1 amide bonds. The number of benzene rings is 1. The monoisotopic (exact) mass is 378 g/mol. The molecule has 0 bridgehead atoms. The number of carbonyl (C=O) groups excluding carboxylic acids is 1. The predicted octanol–water partition coefficient (Wildman–Crippen LogP) is 4.22. The van der Waals surface area contributed by atoms with Crippen LogP contribution in [-0.2, 0) is 6.18 Å². The van der Waals surface area contributed by atoms with E-state index >= 15 is 0 Å². The molecular formula is C18H13F3N2O2S. The lowest BCUT2D eigenvalue weighted by Crippen LogP contribution is -2.56. The largest absolute Gasteiger partial charge is 0.470 e. The first-order valence-corrected chi connectivity index (χ1v) is 8.70. The Kier molecular flexibility index (Phi) is 4.07. The number of likely N-dealkylation sites (tertiary alicyclic amines) is 1. The van der Waals surface area contributed by atoms with Crippen molar-refractivity contribution >= 4 is 27.3 Å². The van der Waals surface area contributed by atoms with E-state index in [0.717, 1.165) is 16.2 Å². The second kappa shape index (κ2) is 6.28. The highest BCUT2D eigenvalue weighted by Crippen LogP contribution is 2.35. The van der Waals surface area contributed by atoms with Crippen LogP contribution in [0.2, 0.25) is 0 Å². The maximum atomic E-state index is 13.0. The van der Waals surface area contributed by atoms with Crippen molar-refractivity contribution in [3.8, 4) is 5.88 Å². The summed E-state index contributed by atoms with van der Waals surface area (Å²) in [6.45, 7) is 0.474. The number of ether oxygens (including phenoxy) is 1. The van der Waals surface area contributed by atoms with E-state index in [1.54, 1.807) is 4.90 Å². The molecule has 0 saturated carbocycles. The molecule has 134 valence electrons. The van der Waals surface area contributed by atoms with Crippen LogP contribution in [0.4, 0.5) is 13.2 Å². The number of halogens is 3. The highest BCUT2D eigenvalue weighted by molar-refractivity contribution is 7.20. The Hall–Kier alpha value is -2.61. The normalized spacial score (nSPS) is 15.1. The zero-order chi connectivity index (χ0) is 18.3. The number of hydrogen-bond donors (Lipinski definition) is 0. The van der Waals surface area contributed by atoms with Gasteiger partial charge < -0.3 is 9.64 Å². The second-order valence-electron chi connectivity index (χ2n) is 5.95. The summed E-state index contributed by atoms with van der Waals surface area (Å²) in [5.41, 5.74) is -0.908. The number of rotatable bonds is 3. The summed E-state index contributed by atoms with van der Waals surface area (Å²) in [4.78, 5) is 18.4. The molecule has 2 aromatic heterocycles. The first-order valence-electron chi connectivity index (χ1n) is 7.88. The van der Waals surface area contributed by atoms with E-state index in [1.807, 2.05) is 30.3 Å². The summed E-state index contributed by atoms with van der Waals surface area (Å²) in [6.07, 6.45) is -3.77. The van der Waals surface area contributed by atoms with Crippen LogP contribution in [0.1, 0.15) is 15.2 Å². The molecule has 26 heavy (non-hydrogen) atoms. The minimum atomic E-state index is -4.53. The van der Waals surface area contributed by atoms with Gasteiger partial charge in [-0.05, 0) is 29.7 Å². The first-order chi connectivity index (χ1) is 12.4. The van der Waals surface area contributed by atoms with Crippen LogP contribution in [0.25, 0.3) is 10.1 Å². The summed E-state index contributed by atoms with van der Waals surface area (Å²) < 4.78 is 45.3. The van der Waals surface area contributed by atoms with Gasteiger partial charge in [0.2, 0.25) is 5.88 Å². The van der Waals surface area contributed by atoms with Crippen LogP contribution < -0.4 is 4.74 Å². The Morgan fingerprint density at radius 2 is 1.96 bits per heavy atom. The third kappa shape index (κ3) is 3.12. The second-order valence-corrected chi connectivity index (χ2v) is 7.04. The van der Waals surface area contributed by atoms with Gasteiger partial charge in [0.25, 0.3) is 5.91 Å². The van der Waals surface area contributed by atoms with E-state index in [4.69, 9.17) is 4.74 Å². The van der Waals surface area contributed by atoms with Crippen LogP contribution in [0, 0.1) is 0 Å². The Labute approximate surface area is 150 Å². The molecule has 1 aliphatic heterocycles. The van der Waals surface area contributed by atoms with Crippen molar-refractivity contribution in [3.05, 3.63) is 59.1 Å². The minimum Gasteiger partial charge on any atom is -0.470 e. The molecule has 0 unspecified atom stereocenters. The maximum absolute atomic E-state index is 13.0. The molecule has 4 nitrogen and oxygen atoms in total. The number of fused-ring (bicyclic) bond motifs is 1. The zero-order valence-corrected chi connectivity index (χ0v) is 14.2. The fraction of sp³-hybridized carbons (Fsp3) is 0.222. The molecule has 1 aromatic carbocycles. The zero-order valence-electron chi connectivity index (χ0n) is 13.4. The molecule has 1 fully saturated rings. The van der Waals surface area contributed by atoms with E-state index in [2.05, 4.69) is 4.98 Å². The van der Waals surface area contributed by atoms with Gasteiger partial charge in [-0.25, -0.2) is 4.98 Å². The van der Waals surface area contributed by atoms with Gasteiger partial charge in [-0.1, -0.05) is 18.2 Å². The van der Waals surface area contributed by atoms with Crippen molar-refractivity contribution in [2.24, 2.45) is 0 Å². The molecule has 3 heterocycles. The molecule has 8 heteroatoms. The lowest BCUT2D eigenvalue weighted by molar-refractivity contribution is -0.140. The molecule has 1 aliphatic rings. The molecule has 1 saturated heterocycles. The molecule has 3 aromatic rings. The van der Waals surface area contributed by atoms with Gasteiger partial charge in [-0.2, -0.15) is 13.2 Å². The van der Waals surface area contributed by atoms with E-state index < -0.39 is 23.7 Å². The Bertz CT molecular complexity index is 931. The van der Waals surface area contributed by atoms with E-state index in [1.165, 1.54) is 23.6 Å². The van der Waals surface area contributed by atoms with Gasteiger partial charge in [0, 0.05) is 10.9 Å². The van der Waals surface area contributed by atoms with Crippen LogP contribution in [0.15, 0.2) is 48.7 Å². The maximum Gasteiger partial charge on any atom is 0.421 e. The van der Waals surface area contributed by atoms with Gasteiger partial charge in [0.15, 0.2) is 0 Å². The number of thiophene rings is 1. The molecule has 0 spiro atoms. The molecular weight excluding hydrogens is 365 g/mol. The van der Waals surface area contributed by atoms with Crippen molar-refractivity contribution < 1.29 is 22.7 Å². The van der Waals surface area contributed by atoms with E-state index in [-0.39, 0.29) is 19.0 Å². The van der Waals surface area contributed by atoms with Crippen LogP contribution in [0.5, 0.6) is 5.88 Å². The summed E-state index contributed by atoms with van der Waals surface area (Å²) in [5, 5.41) is 0.998. The average molecular weight is 378 g/mol. The molecule has 0 aliphatic carbocycles. The third-order valence-corrected chi connectivity index (χ3v) is 5.23. The first kappa shape index (κ1) is 16.8. The van der Waals surface area contributed by atoms with Crippen molar-refractivity contribution in [1.82, 2.24) is 9.88 Å². The fourth-order valence-electron chi connectivity index (χ4n) is 2.78. The fourth-order valence-corrected chi connectivity index (χ4v) is 3.81. The Morgan fingerprint density at radius 1 is 1.19 bits per heavy atom. The molecule has 0 N–H and O–H groups in total. The average Bonchev–Trinajstić information content (AvgIpc) is 3.01. The number of nitrogens with zero attached hydrogens (tertiary/aromatic N) is 2. The lowest BCUT2D eigenvalue weighted by Gasteiger charge is -2.38. The quantitative estimate of drug-likeness (QED) is 0.685. The number of carbonyl (C=O) groups is 1. The highest BCUT2D eigenvalue weighted by Gasteiger charge is 2.38. The number of hydrogen-bond acceptors (Lipinski definition) is 4. The number of pyridine rings is 1. The van der Waals surface area contributed by atoms with Crippen molar-refractivity contribution in [2.45, 2.75) is 12.3 Å². The summed E-state index contributed by atoms with van der Waals surface area (Å²) in [6, 6.07) is 11.7. The smallest absolute Gasteiger partial charge is 0.421 e. The van der Waals surface area contributed by atoms with Crippen LogP contribution in [0.3, 0.4) is 0 Å². The molecule has 0 atom stereocenters. The van der Waals surface area contributed by atoms with Gasteiger partial charge in [-0.3, -0.25) is 4.79 Å². The highest BCUT2D eigenvalue weighted by atomic mass is 32.1. The predicted molar refractivity (Wildman–Crippen MR) is 91.4 cm³/mol. The standard InChI is InChI=1S/C18H13F3N2O2S/c19-18(20,21)13-5-3-7-22-16(13)25-12-9-23(10-12)17(24)15-8-11-4-1-2-6-14(11)26-15/h1-8,12H,9-10H2. The van der Waals surface area contributed by atoms with Gasteiger partial charge in [-0.15, -0.1) is 11.3 Å². The van der Waals surface area contributed by atoms with Crippen molar-refractivity contribution in [1.29, 1.82) is 0 Å². The summed E-state index contributed by atoms with van der Waals surface area (Å²) in [5.74, 6) is -0.581. The van der Waals surface area contributed by atoms with Gasteiger partial charge in [0.1, 0.15) is 11.7 Å². The van der Waals surface area contributed by atoms with Gasteiger partial charge in [0.05, 0.1) is 18.0 Å². The molecule has 4 rings (SSSR count). The van der Waals surface area contributed by atoms with Crippen LogP contribution >= 0.6 is 11.3 Å². The minimum absolute atomic E-state index is 0.136. The van der Waals surface area contributed by atoms with Crippen molar-refractivity contribution in [3.63, 3.8) is 0 Å². The number of alkyl halides is 3. The molecule has 0 radical (unpaired) electrons. The SMILES string of the molecule is O=C(c1cc2ccccc2s1)N1CC(Oc2ncccc2C(F)(F)F)C1.